The summed E-state index contributed by atoms with van der Waals surface area (Å²) < 4.78 is 38.4. The average Bonchev–Trinajstić information content (AvgIpc) is 3.43. The van der Waals surface area contributed by atoms with Crippen LogP contribution < -0.4 is 5.73 Å². The molecule has 0 saturated carbocycles. The zero-order valence-electron chi connectivity index (χ0n) is 20.0. The number of aliphatic hydroxyl groups excluding tert-OH is 7. The number of phosphoric acid groups is 1. The van der Waals surface area contributed by atoms with Gasteiger partial charge in [-0.25, -0.2) is 23.8 Å². The van der Waals surface area contributed by atoms with E-state index in [0.717, 1.165) is 6.33 Å². The Morgan fingerprint density at radius 3 is 2.42 bits per heavy atom. The van der Waals surface area contributed by atoms with E-state index in [1.807, 2.05) is 0 Å². The SMILES string of the molecule is Nc1ncnc2c1ncn2[C@@H]1O[C@H](COP(O)(=S)OP(=O)(O)O[C@@H]2OC([C@H](O)CO)[C@@H](O)C(O)C2O)[C@H](O)[C@@H]1O. The molecule has 0 aromatic carbocycles. The molecule has 0 bridgehead atoms. The molecule has 12 atom stereocenters. The summed E-state index contributed by atoms with van der Waals surface area (Å²) in [6.45, 7) is -6.37. The highest BCUT2D eigenvalue weighted by Gasteiger charge is 2.50. The van der Waals surface area contributed by atoms with Crippen molar-refractivity contribution < 1.29 is 72.9 Å². The summed E-state index contributed by atoms with van der Waals surface area (Å²) in [5, 5.41) is 69.6. The Labute approximate surface area is 229 Å². The van der Waals surface area contributed by atoms with Gasteiger partial charge in [0, 0.05) is 0 Å². The topological polar surface area (TPSA) is 315 Å². The molecule has 0 spiro atoms. The van der Waals surface area contributed by atoms with Crippen molar-refractivity contribution in [3.8, 4) is 0 Å². The smallest absolute Gasteiger partial charge is 0.394 e. The third kappa shape index (κ3) is 6.51. The molecule has 2 aromatic rings. The van der Waals surface area contributed by atoms with Crippen molar-refractivity contribution in [2.75, 3.05) is 18.9 Å². The summed E-state index contributed by atoms with van der Waals surface area (Å²) in [7, 11) is -5.45. The van der Waals surface area contributed by atoms with Gasteiger partial charge in [-0.2, -0.15) is 0 Å². The highest BCUT2D eigenvalue weighted by Crippen LogP contribution is 2.61. The fraction of sp³-hybridized carbons (Fsp3) is 0.706. The van der Waals surface area contributed by atoms with Gasteiger partial charge in [-0.15, -0.1) is 0 Å². The molecule has 0 aliphatic carbocycles. The number of anilines is 1. The van der Waals surface area contributed by atoms with E-state index in [1.165, 1.54) is 10.9 Å². The first-order chi connectivity index (χ1) is 18.7. The van der Waals surface area contributed by atoms with Crippen LogP contribution in [0.1, 0.15) is 6.23 Å². The molecule has 5 unspecified atom stereocenters. The molecule has 20 nitrogen and oxygen atoms in total. The summed E-state index contributed by atoms with van der Waals surface area (Å²) in [5.74, 6) is 0.0577. The lowest BCUT2D eigenvalue weighted by Crippen LogP contribution is -2.61. The normalized spacial score (nSPS) is 36.8. The fourth-order valence-electron chi connectivity index (χ4n) is 4.01. The molecule has 4 rings (SSSR count). The van der Waals surface area contributed by atoms with Crippen molar-refractivity contribution in [1.82, 2.24) is 19.5 Å². The number of aromatic nitrogens is 4. The minimum Gasteiger partial charge on any atom is -0.394 e. The second-order valence-electron chi connectivity index (χ2n) is 8.74. The number of fused-ring (bicyclic) bond motifs is 1. The summed E-state index contributed by atoms with van der Waals surface area (Å²) in [4.78, 5) is 32.2. The van der Waals surface area contributed by atoms with E-state index < -0.39 is 89.1 Å². The number of ether oxygens (including phenoxy) is 2. The van der Waals surface area contributed by atoms with Gasteiger partial charge in [-0.3, -0.25) is 9.09 Å². The molecule has 40 heavy (non-hydrogen) atoms. The molecule has 2 aliphatic heterocycles. The lowest BCUT2D eigenvalue weighted by atomic mass is 9.96. The number of hydrogen-bond donors (Lipinski definition) is 10. The van der Waals surface area contributed by atoms with Gasteiger partial charge in [0.15, 0.2) is 24.0 Å². The standard InChI is InChI=1S/C17H27N5O15P2S/c18-14-7-15(20-3-19-14)22(4-21-7)16-11(28)8(25)6(34-16)2-33-39(32,40)37-38(30,31)36-17-12(29)9(26)10(27)13(35-17)5(24)1-23/h3-6,8-13,16-17,23-29H,1-2H2,(H,30,31)(H,32,40)(H2,18,19,20)/t5-,6-,8+,9?,10+,11+,12?,13?,16-,17+,39?/m1/s1. The van der Waals surface area contributed by atoms with Crippen LogP contribution in [-0.2, 0) is 39.2 Å². The van der Waals surface area contributed by atoms with Gasteiger partial charge in [-0.05, 0) is 11.8 Å². The molecule has 23 heteroatoms. The Bertz CT molecular complexity index is 1290. The highest BCUT2D eigenvalue weighted by molar-refractivity contribution is 8.08. The number of nitrogens with zero attached hydrogens (tertiary/aromatic N) is 4. The van der Waals surface area contributed by atoms with Crippen molar-refractivity contribution in [2.45, 2.75) is 61.3 Å². The van der Waals surface area contributed by atoms with E-state index in [9.17, 15) is 45.0 Å². The van der Waals surface area contributed by atoms with Crippen molar-refractivity contribution >= 4 is 43.3 Å². The van der Waals surface area contributed by atoms with Crippen LogP contribution in [0.4, 0.5) is 5.82 Å². The second-order valence-corrected chi connectivity index (χ2v) is 13.1. The fourth-order valence-corrected chi connectivity index (χ4v) is 7.11. The van der Waals surface area contributed by atoms with Crippen molar-refractivity contribution in [3.05, 3.63) is 12.7 Å². The molecule has 2 aliphatic rings. The molecular formula is C17H27N5O15P2S. The second kappa shape index (κ2) is 12.1. The maximum absolute atomic E-state index is 12.5. The minimum absolute atomic E-state index is 0.0577. The number of rotatable bonds is 10. The number of phosphoric ester groups is 1. The lowest BCUT2D eigenvalue weighted by molar-refractivity contribution is -0.292. The van der Waals surface area contributed by atoms with Crippen LogP contribution in [-0.4, -0.2) is 133 Å². The summed E-state index contributed by atoms with van der Waals surface area (Å²) >= 11 is 4.70. The van der Waals surface area contributed by atoms with Crippen LogP contribution in [0.15, 0.2) is 12.7 Å². The number of nitrogen functional groups attached to an aromatic ring is 1. The molecule has 226 valence electrons. The van der Waals surface area contributed by atoms with Crippen LogP contribution in [0.5, 0.6) is 0 Å². The zero-order chi connectivity index (χ0) is 29.6. The van der Waals surface area contributed by atoms with Gasteiger partial charge < -0.3 is 65.3 Å². The van der Waals surface area contributed by atoms with E-state index in [-0.39, 0.29) is 17.0 Å². The Balaban J connectivity index is 1.38. The summed E-state index contributed by atoms with van der Waals surface area (Å²) in [6, 6.07) is 0. The van der Waals surface area contributed by atoms with Gasteiger partial charge in [0.2, 0.25) is 0 Å². The Kier molecular flexibility index (Phi) is 9.57. The molecule has 0 amide bonds. The first kappa shape index (κ1) is 31.6. The van der Waals surface area contributed by atoms with Crippen molar-refractivity contribution in [2.24, 2.45) is 0 Å². The zero-order valence-corrected chi connectivity index (χ0v) is 22.6. The van der Waals surface area contributed by atoms with E-state index in [4.69, 9.17) is 36.6 Å². The lowest BCUT2D eigenvalue weighted by Gasteiger charge is -2.41. The van der Waals surface area contributed by atoms with Crippen LogP contribution in [0.3, 0.4) is 0 Å². The average molecular weight is 635 g/mol. The summed E-state index contributed by atoms with van der Waals surface area (Å²) in [6.07, 6.45) is -15.2. The molecule has 2 fully saturated rings. The van der Waals surface area contributed by atoms with Gasteiger partial charge in [0.1, 0.15) is 60.7 Å². The van der Waals surface area contributed by atoms with Gasteiger partial charge in [-0.1, -0.05) is 0 Å². The largest absolute Gasteiger partial charge is 0.481 e. The third-order valence-corrected chi connectivity index (χ3v) is 9.53. The van der Waals surface area contributed by atoms with Crippen LogP contribution in [0, 0.1) is 0 Å². The highest BCUT2D eigenvalue weighted by atomic mass is 32.5. The Hall–Kier alpha value is -1.33. The molecule has 0 radical (unpaired) electrons. The Morgan fingerprint density at radius 2 is 1.75 bits per heavy atom. The van der Waals surface area contributed by atoms with E-state index in [0.29, 0.717) is 0 Å². The maximum atomic E-state index is 12.5. The monoisotopic (exact) mass is 635 g/mol. The van der Waals surface area contributed by atoms with E-state index >= 15 is 0 Å². The molecule has 4 heterocycles. The molecular weight excluding hydrogens is 608 g/mol. The van der Waals surface area contributed by atoms with Gasteiger partial charge >= 0.3 is 14.5 Å². The molecule has 2 saturated heterocycles. The quantitative estimate of drug-likeness (QED) is 0.110. The predicted molar refractivity (Wildman–Crippen MR) is 130 cm³/mol. The van der Waals surface area contributed by atoms with Crippen LogP contribution >= 0.6 is 14.5 Å². The number of hydrogen-bond acceptors (Lipinski definition) is 18. The minimum atomic E-state index is -5.45. The first-order valence-corrected chi connectivity index (χ1v) is 15.4. The first-order valence-electron chi connectivity index (χ1n) is 11.3. The molecule has 11 N–H and O–H groups in total. The number of nitrogens with two attached hydrogens (primary N) is 1. The van der Waals surface area contributed by atoms with Gasteiger partial charge in [0.25, 0.3) is 0 Å². The summed E-state index contributed by atoms with van der Waals surface area (Å²) in [5.41, 5.74) is 6.12. The van der Waals surface area contributed by atoms with Gasteiger partial charge in [0.05, 0.1) is 19.5 Å². The predicted octanol–water partition coefficient (Wildman–Crippen LogP) is -4.44. The number of aliphatic hydroxyl groups is 7. The number of imidazole rings is 1. The van der Waals surface area contributed by atoms with E-state index in [1.54, 1.807) is 0 Å². The van der Waals surface area contributed by atoms with E-state index in [2.05, 4.69) is 23.8 Å². The van der Waals surface area contributed by atoms with Crippen molar-refractivity contribution in [3.63, 3.8) is 0 Å². The van der Waals surface area contributed by atoms with Crippen molar-refractivity contribution in [1.29, 1.82) is 0 Å². The third-order valence-electron chi connectivity index (χ3n) is 6.02. The maximum Gasteiger partial charge on any atom is 0.481 e. The molecule has 2 aromatic heterocycles. The van der Waals surface area contributed by atoms with Crippen LogP contribution in [0.25, 0.3) is 11.2 Å². The van der Waals surface area contributed by atoms with Crippen LogP contribution in [0.2, 0.25) is 0 Å². The Morgan fingerprint density at radius 1 is 1.05 bits per heavy atom.